The molecule has 0 N–H and O–H groups in total. The van der Waals surface area contributed by atoms with Gasteiger partial charge in [0.2, 0.25) is 5.69 Å². The molecule has 2 aliphatic rings. The number of fused-ring (bicyclic) bond motifs is 5. The maximum Gasteiger partial charge on any atom is 2.00 e. The quantitative estimate of drug-likeness (QED) is 0.107. The molecule has 0 unspecified atom stereocenters. The Morgan fingerprint density at radius 3 is 1.71 bits per heavy atom. The zero-order valence-electron chi connectivity index (χ0n) is 52.0. The van der Waals surface area contributed by atoms with Crippen molar-refractivity contribution >= 4 is 50.6 Å². The van der Waals surface area contributed by atoms with Crippen LogP contribution in [0.1, 0.15) is 131 Å². The number of nitrogens with zero attached hydrogens (tertiary/aromatic N) is 4. The first-order chi connectivity index (χ1) is 40.5. The minimum Gasteiger partial charge on any atom is -0.509 e. The predicted molar refractivity (Wildman–Crippen MR) is 357 cm³/mol. The molecule has 1 aliphatic carbocycles. The van der Waals surface area contributed by atoms with E-state index in [0.29, 0.717) is 11.5 Å². The molecule has 5 nitrogen and oxygen atoms in total. The summed E-state index contributed by atoms with van der Waals surface area (Å²) in [5, 5.41) is 2.20. The topological polar surface area (TPSA) is 33.1 Å². The van der Waals surface area contributed by atoms with E-state index in [2.05, 4.69) is 304 Å². The molecule has 2 aromatic heterocycles. The number of ether oxygens (including phenoxy) is 1. The van der Waals surface area contributed by atoms with Gasteiger partial charge in [0.25, 0.3) is 11.4 Å². The summed E-state index contributed by atoms with van der Waals surface area (Å²) in [5.74, 6) is 1.97. The largest absolute Gasteiger partial charge is 2.00 e. The summed E-state index contributed by atoms with van der Waals surface area (Å²) in [7, 11) is 0. The van der Waals surface area contributed by atoms with Crippen molar-refractivity contribution in [1.82, 2.24) is 18.7 Å². The van der Waals surface area contributed by atoms with Crippen molar-refractivity contribution in [3.05, 3.63) is 240 Å². The number of aromatic nitrogens is 2. The van der Waals surface area contributed by atoms with Crippen LogP contribution in [0.25, 0.3) is 72.1 Å². The summed E-state index contributed by atoms with van der Waals surface area (Å²) < 4.78 is 13.6. The molecule has 430 valence electrons. The first-order valence-electron chi connectivity index (χ1n) is 30.2. The molecule has 0 atom stereocenters. The minimum atomic E-state index is -0.200. The van der Waals surface area contributed by atoms with Crippen LogP contribution in [0.15, 0.2) is 200 Å². The minimum absolute atomic E-state index is 0. The molecule has 0 amide bonds. The third-order valence-electron chi connectivity index (χ3n) is 17.9. The third-order valence-corrected chi connectivity index (χ3v) is 17.9. The second-order valence-corrected chi connectivity index (χ2v) is 28.0. The van der Waals surface area contributed by atoms with E-state index < -0.39 is 0 Å². The number of rotatable bonds is 9. The summed E-state index contributed by atoms with van der Waals surface area (Å²) in [5.41, 5.74) is 21.7. The Morgan fingerprint density at radius 2 is 1.06 bits per heavy atom. The maximum atomic E-state index is 6.94. The number of para-hydroxylation sites is 3. The molecule has 0 saturated heterocycles. The average molecular weight is 1300 g/mol. The van der Waals surface area contributed by atoms with E-state index in [1.165, 1.54) is 45.4 Å². The maximum absolute atomic E-state index is 6.94. The first kappa shape index (κ1) is 58.2. The fourth-order valence-electron chi connectivity index (χ4n) is 13.0. The van der Waals surface area contributed by atoms with Crippen molar-refractivity contribution in [3.8, 4) is 61.8 Å². The van der Waals surface area contributed by atoms with Crippen molar-refractivity contribution in [2.75, 3.05) is 0 Å². The second-order valence-electron chi connectivity index (χ2n) is 28.0. The Morgan fingerprint density at radius 1 is 0.488 bits per heavy atom. The van der Waals surface area contributed by atoms with Gasteiger partial charge in [0.05, 0.1) is 11.1 Å². The molecule has 13 rings (SSSR count). The predicted octanol–water partition coefficient (Wildman–Crippen LogP) is 21.3. The Labute approximate surface area is 523 Å². The molecule has 0 radical (unpaired) electrons. The molecule has 11 aromatic rings. The van der Waals surface area contributed by atoms with Crippen LogP contribution < -0.4 is 13.9 Å². The van der Waals surface area contributed by atoms with E-state index in [9.17, 15) is 0 Å². The molecule has 0 fully saturated rings. The fourth-order valence-corrected chi connectivity index (χ4v) is 13.0. The molecule has 0 bridgehead atoms. The van der Waals surface area contributed by atoms with Crippen molar-refractivity contribution in [2.45, 2.75) is 130 Å². The van der Waals surface area contributed by atoms with E-state index in [1.54, 1.807) is 0 Å². The van der Waals surface area contributed by atoms with E-state index in [4.69, 9.17) is 9.72 Å². The zero-order valence-corrected chi connectivity index (χ0v) is 54.3. The number of pyridine rings is 1. The normalized spacial score (nSPS) is 14.5. The first-order valence-corrected chi connectivity index (χ1v) is 30.2. The third kappa shape index (κ3) is 10.5. The van der Waals surface area contributed by atoms with Gasteiger partial charge < -0.3 is 9.30 Å². The smallest absolute Gasteiger partial charge is 0.509 e. The SMILES string of the molecule is CC(C)(C)c1cc(-c2cccc(-c3ccccc3)c2[N+]2=C=[N+](c3[c-]c(Oc4[c-]c5c(cc4)c4c(-c6ccccc6)cccc4n5-c4cc(C(C)(C)C)c(-c5ccc6c(c5)C(C)(C)CCC6(C)C)cn4)ccc3)c3ccccc32)cc(C(C)(C)C)c1.[Pt+2]. The van der Waals surface area contributed by atoms with Gasteiger partial charge in [0.1, 0.15) is 11.5 Å². The van der Waals surface area contributed by atoms with E-state index in [-0.39, 0.29) is 48.1 Å². The van der Waals surface area contributed by atoms with Crippen molar-refractivity contribution in [1.29, 1.82) is 0 Å². The van der Waals surface area contributed by atoms with Gasteiger partial charge in [0, 0.05) is 40.9 Å². The summed E-state index contributed by atoms with van der Waals surface area (Å²) in [6.45, 7) is 30.4. The summed E-state index contributed by atoms with van der Waals surface area (Å²) in [6.07, 6.45) is 4.45. The summed E-state index contributed by atoms with van der Waals surface area (Å²) in [6, 6.07) is 81.6. The van der Waals surface area contributed by atoms with Crippen molar-refractivity contribution in [3.63, 3.8) is 0 Å². The molecule has 0 spiro atoms. The van der Waals surface area contributed by atoms with E-state index >= 15 is 0 Å². The van der Waals surface area contributed by atoms with Gasteiger partial charge in [-0.2, -0.15) is 12.1 Å². The Hall–Kier alpha value is -8.20. The number of benzene rings is 9. The Bertz CT molecular complexity index is 4500. The van der Waals surface area contributed by atoms with Gasteiger partial charge in [-0.3, -0.25) is 0 Å². The Balaban J connectivity index is 0.00000724. The van der Waals surface area contributed by atoms with Gasteiger partial charge in [-0.15, -0.1) is 23.6 Å². The Kier molecular flexibility index (Phi) is 14.6. The molecule has 6 heteroatoms. The van der Waals surface area contributed by atoms with Crippen LogP contribution in [0.4, 0.5) is 22.7 Å². The van der Waals surface area contributed by atoms with Crippen LogP contribution >= 0.6 is 0 Å². The van der Waals surface area contributed by atoms with Gasteiger partial charge in [-0.25, -0.2) is 4.98 Å². The van der Waals surface area contributed by atoms with Crippen LogP contribution in [0.5, 0.6) is 11.5 Å². The molecule has 86 heavy (non-hydrogen) atoms. The fraction of sp³-hybridized carbons (Fsp3) is 0.250. The van der Waals surface area contributed by atoms with Gasteiger partial charge in [-0.05, 0) is 130 Å². The molecule has 0 saturated carbocycles. The van der Waals surface area contributed by atoms with Crippen LogP contribution in [0.2, 0.25) is 0 Å². The van der Waals surface area contributed by atoms with Gasteiger partial charge in [0.15, 0.2) is 0 Å². The van der Waals surface area contributed by atoms with Crippen LogP contribution in [0.3, 0.4) is 0 Å². The molecular formula is C80H76N4OPt+2. The summed E-state index contributed by atoms with van der Waals surface area (Å²) in [4.78, 5) is 5.42. The van der Waals surface area contributed by atoms with Crippen molar-refractivity contribution in [2.24, 2.45) is 0 Å². The standard InChI is InChI=1S/C80H76N4O.Pt/c1-76(2,3)56-43-55(44-57(46-56)77(4,5)6)63-33-23-32-62(53-27-18-15-19-28-53)75(63)83-51-82(69-34-20-21-35-70(69)83)58-29-22-30-59(47-58)85-60-38-39-64-72(48-60)84(71-36-24-31-61(74(64)71)52-25-16-14-17-26-52)73-49-67(78(7,8)9)65(50-81-73)54-37-40-66-68(45-54)80(12,13)42-41-79(66,10)11;/h14-40,43-46,49-50H,41-42H2,1-13H3;/q;+2. The van der Waals surface area contributed by atoms with E-state index in [0.717, 1.165) is 90.2 Å². The number of hydrogen-bond acceptors (Lipinski definition) is 2. The van der Waals surface area contributed by atoms with Crippen LogP contribution in [0, 0.1) is 12.1 Å². The van der Waals surface area contributed by atoms with Gasteiger partial charge in [-0.1, -0.05) is 240 Å². The van der Waals surface area contributed by atoms with Gasteiger partial charge >= 0.3 is 27.1 Å². The van der Waals surface area contributed by atoms with Crippen LogP contribution in [-0.2, 0) is 48.1 Å². The second kappa shape index (κ2) is 21.6. The monoisotopic (exact) mass is 1300 g/mol. The average Bonchev–Trinajstić information content (AvgIpc) is 1.50. The van der Waals surface area contributed by atoms with Crippen molar-refractivity contribution < 1.29 is 25.8 Å². The molecule has 9 aromatic carbocycles. The number of hydrogen-bond donors (Lipinski definition) is 0. The van der Waals surface area contributed by atoms with E-state index in [1.807, 2.05) is 18.2 Å². The summed E-state index contributed by atoms with van der Waals surface area (Å²) >= 11 is 0. The molecule has 3 heterocycles. The zero-order chi connectivity index (χ0) is 59.4. The van der Waals surface area contributed by atoms with Crippen LogP contribution in [-0.4, -0.2) is 15.6 Å². The molecule has 1 aliphatic heterocycles. The molecular weight excluding hydrogens is 1230 g/mol.